The third-order valence-corrected chi connectivity index (χ3v) is 3.86. The van der Waals surface area contributed by atoms with E-state index in [0.717, 1.165) is 21.6 Å². The predicted molar refractivity (Wildman–Crippen MR) is 109 cm³/mol. The van der Waals surface area contributed by atoms with E-state index in [0.29, 0.717) is 5.56 Å². The van der Waals surface area contributed by atoms with Crippen LogP contribution in [-0.4, -0.2) is 31.7 Å². The largest absolute Gasteiger partial charge is 0.497 e. The van der Waals surface area contributed by atoms with Gasteiger partial charge in [0.1, 0.15) is 5.75 Å². The van der Waals surface area contributed by atoms with Crippen molar-refractivity contribution < 1.29 is 14.3 Å². The maximum Gasteiger partial charge on any atom is 0.329 e. The van der Waals surface area contributed by atoms with Crippen LogP contribution in [0.2, 0.25) is 0 Å². The van der Waals surface area contributed by atoms with Crippen LogP contribution in [0, 0.1) is 0 Å². The Kier molecular flexibility index (Phi) is 7.57. The minimum Gasteiger partial charge on any atom is -0.497 e. The van der Waals surface area contributed by atoms with Gasteiger partial charge in [-0.15, -0.1) is 6.58 Å². The summed E-state index contributed by atoms with van der Waals surface area (Å²) in [6.07, 6.45) is 2.93. The summed E-state index contributed by atoms with van der Waals surface area (Å²) in [5.41, 5.74) is 4.54. The zero-order chi connectivity index (χ0) is 19.6. The lowest BCUT2D eigenvalue weighted by atomic mass is 10.2. The molecule has 2 aromatic rings. The number of methoxy groups -OCH3 is 1. The zero-order valence-electron chi connectivity index (χ0n) is 14.7. The minimum atomic E-state index is -0.854. The molecule has 0 heterocycles. The normalized spacial score (nSPS) is 10.3. The van der Waals surface area contributed by atoms with Crippen LogP contribution in [0.15, 0.2) is 64.7 Å². The highest BCUT2D eigenvalue weighted by atomic mass is 79.9. The monoisotopic (exact) mass is 430 g/mol. The first-order chi connectivity index (χ1) is 13.0. The number of ether oxygens (including phenoxy) is 1. The number of halogens is 1. The second-order valence-corrected chi connectivity index (χ2v) is 6.20. The molecule has 2 rings (SSSR count). The predicted octanol–water partition coefficient (Wildman–Crippen LogP) is 2.95. The average molecular weight is 431 g/mol. The van der Waals surface area contributed by atoms with Crippen molar-refractivity contribution in [2.45, 2.75) is 0 Å². The van der Waals surface area contributed by atoms with Crippen molar-refractivity contribution in [3.63, 3.8) is 0 Å². The lowest BCUT2D eigenvalue weighted by Crippen LogP contribution is -2.37. The van der Waals surface area contributed by atoms with E-state index in [1.54, 1.807) is 7.11 Å². The summed E-state index contributed by atoms with van der Waals surface area (Å²) >= 11 is 3.41. The molecule has 27 heavy (non-hydrogen) atoms. The molecular formula is C19H19BrN4O3. The second-order valence-electron chi connectivity index (χ2n) is 5.28. The number of hydrogen-bond acceptors (Lipinski definition) is 5. The fourth-order valence-electron chi connectivity index (χ4n) is 2.04. The first-order valence-corrected chi connectivity index (χ1v) is 8.75. The number of hydrazone groups is 1. The smallest absolute Gasteiger partial charge is 0.329 e. The number of carbonyl (C=O) groups is 2. The van der Waals surface area contributed by atoms with Crippen LogP contribution in [0.1, 0.15) is 5.56 Å². The molecule has 0 aliphatic heterocycles. The van der Waals surface area contributed by atoms with E-state index in [4.69, 9.17) is 4.74 Å². The highest BCUT2D eigenvalue weighted by Gasteiger charge is 2.10. The molecule has 2 aromatic carbocycles. The van der Waals surface area contributed by atoms with Crippen LogP contribution in [0.5, 0.6) is 5.75 Å². The number of rotatable bonds is 7. The van der Waals surface area contributed by atoms with Gasteiger partial charge in [-0.3, -0.25) is 9.59 Å². The fraction of sp³-hybridized carbons (Fsp3) is 0.105. The van der Waals surface area contributed by atoms with Gasteiger partial charge in [0, 0.05) is 28.0 Å². The van der Waals surface area contributed by atoms with Gasteiger partial charge in [0.15, 0.2) is 0 Å². The molecule has 0 unspecified atom stereocenters. The fourth-order valence-corrected chi connectivity index (χ4v) is 2.42. The third kappa shape index (κ3) is 6.27. The van der Waals surface area contributed by atoms with Crippen LogP contribution in [0.25, 0.3) is 0 Å². The number of anilines is 2. The molecular weight excluding hydrogens is 412 g/mol. The third-order valence-electron chi connectivity index (χ3n) is 3.37. The van der Waals surface area contributed by atoms with Gasteiger partial charge in [0.05, 0.1) is 13.3 Å². The van der Waals surface area contributed by atoms with Gasteiger partial charge < -0.3 is 15.4 Å². The van der Waals surface area contributed by atoms with Crippen molar-refractivity contribution in [2.75, 3.05) is 19.0 Å². The molecule has 0 saturated heterocycles. The Morgan fingerprint density at radius 2 is 1.93 bits per heavy atom. The Bertz CT molecular complexity index is 851. The number of nitrogens with zero attached hydrogens (tertiary/aromatic N) is 1. The lowest BCUT2D eigenvalue weighted by molar-refractivity contribution is -0.139. The summed E-state index contributed by atoms with van der Waals surface area (Å²) in [7, 11) is 1.61. The maximum atomic E-state index is 11.6. The number of carbonyl (C=O) groups excluding carboxylic acids is 2. The Balaban J connectivity index is 2.09. The summed E-state index contributed by atoms with van der Waals surface area (Å²) < 4.78 is 5.99. The molecule has 0 aromatic heterocycles. The number of hydrogen-bond donors (Lipinski definition) is 3. The van der Waals surface area contributed by atoms with Crippen LogP contribution in [0.4, 0.5) is 11.4 Å². The second kappa shape index (κ2) is 10.1. The van der Waals surface area contributed by atoms with Gasteiger partial charge in [-0.2, -0.15) is 5.10 Å². The van der Waals surface area contributed by atoms with E-state index < -0.39 is 11.8 Å². The van der Waals surface area contributed by atoms with Gasteiger partial charge in [0.25, 0.3) is 0 Å². The maximum absolute atomic E-state index is 11.6. The average Bonchev–Trinajstić information content (AvgIpc) is 2.68. The molecule has 0 atom stereocenters. The SMILES string of the molecule is C=CCNC(=O)C(=O)N/N=C\c1cc(Br)ccc1Nc1ccc(OC)cc1. The van der Waals surface area contributed by atoms with Crippen molar-refractivity contribution in [3.8, 4) is 5.75 Å². The minimum absolute atomic E-state index is 0.206. The molecule has 0 spiro atoms. The van der Waals surface area contributed by atoms with Crippen LogP contribution >= 0.6 is 15.9 Å². The molecule has 140 valence electrons. The van der Waals surface area contributed by atoms with Crippen molar-refractivity contribution in [1.29, 1.82) is 0 Å². The van der Waals surface area contributed by atoms with Crippen LogP contribution < -0.4 is 20.8 Å². The molecule has 0 bridgehead atoms. The van der Waals surface area contributed by atoms with Gasteiger partial charge in [0.2, 0.25) is 0 Å². The first-order valence-electron chi connectivity index (χ1n) is 7.96. The van der Waals surface area contributed by atoms with E-state index in [-0.39, 0.29) is 6.54 Å². The standard InChI is InChI=1S/C19H19BrN4O3/c1-3-10-21-18(25)19(26)24-22-12-13-11-14(20)4-9-17(13)23-15-5-7-16(27-2)8-6-15/h3-9,11-12,23H,1,10H2,2H3,(H,21,25)(H,24,26)/b22-12-. The topological polar surface area (TPSA) is 91.8 Å². The van der Waals surface area contributed by atoms with E-state index in [9.17, 15) is 9.59 Å². The number of benzene rings is 2. The molecule has 0 saturated carbocycles. The Hall–Kier alpha value is -3.13. The quantitative estimate of drug-likeness (QED) is 0.272. The molecule has 7 nitrogen and oxygen atoms in total. The van der Waals surface area contributed by atoms with Crippen molar-refractivity contribution in [3.05, 3.63) is 65.2 Å². The molecule has 8 heteroatoms. The summed E-state index contributed by atoms with van der Waals surface area (Å²) in [5, 5.41) is 9.49. The molecule has 0 radical (unpaired) electrons. The van der Waals surface area contributed by atoms with Gasteiger partial charge in [-0.25, -0.2) is 5.43 Å². The lowest BCUT2D eigenvalue weighted by Gasteiger charge is -2.11. The van der Waals surface area contributed by atoms with E-state index in [1.807, 2.05) is 42.5 Å². The zero-order valence-corrected chi connectivity index (χ0v) is 16.2. The number of nitrogens with one attached hydrogen (secondary N) is 3. The summed E-state index contributed by atoms with van der Waals surface area (Å²) in [4.78, 5) is 23.1. The summed E-state index contributed by atoms with van der Waals surface area (Å²) in [5.74, 6) is -0.874. The molecule has 0 aliphatic rings. The van der Waals surface area contributed by atoms with Crippen molar-refractivity contribution in [2.24, 2.45) is 5.10 Å². The van der Waals surface area contributed by atoms with Crippen molar-refractivity contribution >= 4 is 45.3 Å². The summed E-state index contributed by atoms with van der Waals surface area (Å²) in [6, 6.07) is 13.0. The van der Waals surface area contributed by atoms with E-state index in [1.165, 1.54) is 12.3 Å². The van der Waals surface area contributed by atoms with E-state index >= 15 is 0 Å². The highest BCUT2D eigenvalue weighted by Crippen LogP contribution is 2.24. The number of amides is 2. The Labute approximate surface area is 165 Å². The van der Waals surface area contributed by atoms with Gasteiger partial charge in [-0.05, 0) is 42.5 Å². The van der Waals surface area contributed by atoms with Crippen LogP contribution in [-0.2, 0) is 9.59 Å². The molecule has 2 amide bonds. The molecule has 0 fully saturated rings. The first kappa shape index (κ1) is 20.2. The van der Waals surface area contributed by atoms with E-state index in [2.05, 4.69) is 43.7 Å². The molecule has 0 aliphatic carbocycles. The van der Waals surface area contributed by atoms with Crippen LogP contribution in [0.3, 0.4) is 0 Å². The summed E-state index contributed by atoms with van der Waals surface area (Å²) in [6.45, 7) is 3.67. The highest BCUT2D eigenvalue weighted by molar-refractivity contribution is 9.10. The van der Waals surface area contributed by atoms with Crippen molar-refractivity contribution in [1.82, 2.24) is 10.7 Å². The van der Waals surface area contributed by atoms with Gasteiger partial charge >= 0.3 is 11.8 Å². The Morgan fingerprint density at radius 3 is 2.59 bits per heavy atom. The van der Waals surface area contributed by atoms with Gasteiger partial charge in [-0.1, -0.05) is 22.0 Å². The Morgan fingerprint density at radius 1 is 1.19 bits per heavy atom. The molecule has 3 N–H and O–H groups in total.